The number of rotatable bonds is 7. The van der Waals surface area contributed by atoms with E-state index < -0.39 is 34.0 Å². The summed E-state index contributed by atoms with van der Waals surface area (Å²) in [7, 11) is -4.06. The number of anilines is 2. The van der Waals surface area contributed by atoms with Gasteiger partial charge in [0.1, 0.15) is 10.9 Å². The topological polar surface area (TPSA) is 152 Å². The molecule has 11 nitrogen and oxygen atoms in total. The van der Waals surface area contributed by atoms with Crippen LogP contribution in [0.25, 0.3) is 23.0 Å². The van der Waals surface area contributed by atoms with Crippen molar-refractivity contribution in [3.8, 4) is 23.0 Å². The molecule has 15 heteroatoms. The lowest BCUT2D eigenvalue weighted by Gasteiger charge is -2.35. The van der Waals surface area contributed by atoms with E-state index in [9.17, 15) is 26.7 Å². The molecule has 2 aliphatic heterocycles. The van der Waals surface area contributed by atoms with E-state index in [2.05, 4.69) is 25.1 Å². The predicted molar refractivity (Wildman–Crippen MR) is 153 cm³/mol. The minimum absolute atomic E-state index is 0.0705. The summed E-state index contributed by atoms with van der Waals surface area (Å²) >= 11 is 0. The largest absolute Gasteiger partial charge is 0.415 e. The van der Waals surface area contributed by atoms with Gasteiger partial charge in [0.2, 0.25) is 21.9 Å². The number of hydrogen-bond donors (Lipinski definition) is 2. The molecule has 0 radical (unpaired) electrons. The van der Waals surface area contributed by atoms with Crippen molar-refractivity contribution in [3.05, 3.63) is 35.5 Å². The summed E-state index contributed by atoms with van der Waals surface area (Å²) in [6.45, 7) is 2.77. The van der Waals surface area contributed by atoms with Crippen molar-refractivity contribution in [2.75, 3.05) is 42.6 Å². The van der Waals surface area contributed by atoms with Crippen molar-refractivity contribution in [2.45, 2.75) is 56.9 Å². The van der Waals surface area contributed by atoms with Gasteiger partial charge in [-0.15, -0.1) is 10.2 Å². The molecule has 3 N–H and O–H groups in total. The number of benzene rings is 1. The quantitative estimate of drug-likeness (QED) is 0.396. The number of aliphatic hydroxyl groups excluding tert-OH is 1. The van der Waals surface area contributed by atoms with E-state index in [1.807, 2.05) is 0 Å². The van der Waals surface area contributed by atoms with Gasteiger partial charge in [-0.25, -0.2) is 23.5 Å². The minimum atomic E-state index is -4.29. The third-order valence-electron chi connectivity index (χ3n) is 8.96. The van der Waals surface area contributed by atoms with Crippen LogP contribution in [0.1, 0.15) is 55.0 Å². The maximum Gasteiger partial charge on any atom is 0.393 e. The first-order valence-electron chi connectivity index (χ1n) is 14.4. The third-order valence-corrected chi connectivity index (χ3v) is 10.2. The maximum absolute atomic E-state index is 13.4. The zero-order valence-electron chi connectivity index (χ0n) is 23.7. The van der Waals surface area contributed by atoms with Crippen LogP contribution in [0.15, 0.2) is 28.7 Å². The number of halogens is 3. The van der Waals surface area contributed by atoms with Gasteiger partial charge in [0, 0.05) is 37.6 Å². The maximum atomic E-state index is 13.4. The fourth-order valence-electron chi connectivity index (χ4n) is 6.15. The minimum Gasteiger partial charge on any atom is -0.415 e. The molecular formula is C28H34F3N7O4S. The Morgan fingerprint density at radius 3 is 2.44 bits per heavy atom. The molecule has 3 aliphatic rings. The van der Waals surface area contributed by atoms with Crippen LogP contribution < -0.4 is 14.9 Å². The highest BCUT2D eigenvalue weighted by Crippen LogP contribution is 2.54. The van der Waals surface area contributed by atoms with Gasteiger partial charge >= 0.3 is 6.18 Å². The standard InChI is InChI=1S/C28H34F3N7O4S/c1-17-13-21(34-26(33-17)38-10-2-3-19(15-38)28(29,30)31)25-36-35-24(42-25)20-5-4-18(23(16-39)43(32,40)41)14-22(20)37-11-8-27(6-7-27)9-12-37/h4-5,13-14,19,23,39H,2-3,6-12,15-16H2,1H3,(H2,32,40,41). The van der Waals surface area contributed by atoms with Crippen molar-refractivity contribution in [3.63, 3.8) is 0 Å². The molecule has 2 saturated heterocycles. The third kappa shape index (κ3) is 6.20. The SMILES string of the molecule is Cc1cc(-c2nnc(-c3ccc(C(CO)S(N)(=O)=O)cc3N3CCC4(CC3)CC4)o2)nc(N2CCCC(C(F)(F)F)C2)n1. The Balaban J connectivity index is 1.33. The summed E-state index contributed by atoms with van der Waals surface area (Å²) in [6.07, 6.45) is 0.611. The van der Waals surface area contributed by atoms with Crippen LogP contribution in [0.2, 0.25) is 0 Å². The van der Waals surface area contributed by atoms with Crippen molar-refractivity contribution in [2.24, 2.45) is 16.5 Å². The van der Waals surface area contributed by atoms with Gasteiger partial charge in [0.25, 0.3) is 5.89 Å². The number of piperidine rings is 2. The van der Waals surface area contributed by atoms with Crippen LogP contribution in [-0.2, 0) is 10.0 Å². The number of aromatic nitrogens is 4. The number of aryl methyl sites for hydroxylation is 1. The molecule has 2 unspecified atom stereocenters. The second-order valence-corrected chi connectivity index (χ2v) is 13.7. The fraction of sp³-hybridized carbons (Fsp3) is 0.571. The summed E-state index contributed by atoms with van der Waals surface area (Å²) in [5.74, 6) is -1.02. The van der Waals surface area contributed by atoms with Crippen LogP contribution in [0.3, 0.4) is 0 Å². The van der Waals surface area contributed by atoms with Gasteiger partial charge in [-0.05, 0) is 74.6 Å². The number of nitrogens with two attached hydrogens (primary N) is 1. The highest BCUT2D eigenvalue weighted by molar-refractivity contribution is 7.89. The number of primary sulfonamides is 1. The molecule has 0 bridgehead atoms. The Kier molecular flexibility index (Phi) is 7.62. The molecule has 3 aromatic rings. The number of sulfonamides is 1. The first kappa shape index (κ1) is 29.8. The van der Waals surface area contributed by atoms with Gasteiger partial charge < -0.3 is 19.3 Å². The van der Waals surface area contributed by atoms with Gasteiger partial charge in [0.15, 0.2) is 0 Å². The van der Waals surface area contributed by atoms with Crippen molar-refractivity contribution in [1.29, 1.82) is 0 Å². The van der Waals surface area contributed by atoms with E-state index in [1.165, 1.54) is 12.8 Å². The summed E-state index contributed by atoms with van der Waals surface area (Å²) in [5.41, 5.74) is 2.85. The molecule has 232 valence electrons. The summed E-state index contributed by atoms with van der Waals surface area (Å²) < 4.78 is 70.7. The molecule has 43 heavy (non-hydrogen) atoms. The number of nitrogens with zero attached hydrogens (tertiary/aromatic N) is 6. The van der Waals surface area contributed by atoms with Crippen LogP contribution >= 0.6 is 0 Å². The average molecular weight is 622 g/mol. The van der Waals surface area contributed by atoms with Crippen LogP contribution in [-0.4, -0.2) is 72.7 Å². The van der Waals surface area contributed by atoms with E-state index in [-0.39, 0.29) is 36.4 Å². The van der Waals surface area contributed by atoms with E-state index in [0.29, 0.717) is 40.9 Å². The van der Waals surface area contributed by atoms with Crippen molar-refractivity contribution >= 4 is 21.7 Å². The zero-order valence-corrected chi connectivity index (χ0v) is 24.5. The Labute approximate surface area is 247 Å². The molecule has 6 rings (SSSR count). The highest BCUT2D eigenvalue weighted by atomic mass is 32.2. The molecule has 1 spiro atoms. The summed E-state index contributed by atoms with van der Waals surface area (Å²) in [4.78, 5) is 12.6. The number of hydrogen-bond acceptors (Lipinski definition) is 10. The van der Waals surface area contributed by atoms with Gasteiger partial charge in [-0.1, -0.05) is 6.07 Å². The summed E-state index contributed by atoms with van der Waals surface area (Å²) in [6, 6.07) is 6.59. The first-order chi connectivity index (χ1) is 20.3. The smallest absolute Gasteiger partial charge is 0.393 e. The van der Waals surface area contributed by atoms with Crippen LogP contribution in [0.4, 0.5) is 24.8 Å². The van der Waals surface area contributed by atoms with Crippen LogP contribution in [0.5, 0.6) is 0 Å². The first-order valence-corrected chi connectivity index (χ1v) is 16.0. The van der Waals surface area contributed by atoms with Gasteiger partial charge in [-0.3, -0.25) is 0 Å². The molecule has 2 atom stereocenters. The molecule has 3 fully saturated rings. The second kappa shape index (κ2) is 11.0. The van der Waals surface area contributed by atoms with E-state index in [4.69, 9.17) is 9.56 Å². The molecule has 1 saturated carbocycles. The molecule has 2 aromatic heterocycles. The normalized spacial score (nSPS) is 21.3. The average Bonchev–Trinajstić information content (AvgIpc) is 3.52. The summed E-state index contributed by atoms with van der Waals surface area (Å²) in [5, 5.41) is 22.4. The number of aliphatic hydroxyl groups is 1. The Hall–Kier alpha value is -3.30. The van der Waals surface area contributed by atoms with E-state index >= 15 is 0 Å². The van der Waals surface area contributed by atoms with Crippen molar-refractivity contribution in [1.82, 2.24) is 20.2 Å². The molecule has 4 heterocycles. The molecule has 1 aliphatic carbocycles. The zero-order chi connectivity index (χ0) is 30.6. The van der Waals surface area contributed by atoms with E-state index in [0.717, 1.165) is 25.9 Å². The Morgan fingerprint density at radius 1 is 1.07 bits per heavy atom. The molecular weight excluding hydrogens is 587 g/mol. The highest BCUT2D eigenvalue weighted by Gasteiger charge is 2.45. The number of alkyl halides is 3. The lowest BCUT2D eigenvalue weighted by atomic mass is 9.92. The Bertz CT molecular complexity index is 1600. The fourth-order valence-corrected chi connectivity index (χ4v) is 6.89. The van der Waals surface area contributed by atoms with Gasteiger partial charge in [-0.2, -0.15) is 13.2 Å². The van der Waals surface area contributed by atoms with E-state index in [1.54, 1.807) is 36.1 Å². The van der Waals surface area contributed by atoms with Gasteiger partial charge in [0.05, 0.1) is 18.1 Å². The second-order valence-electron chi connectivity index (χ2n) is 12.0. The predicted octanol–water partition coefficient (Wildman–Crippen LogP) is 3.98. The lowest BCUT2D eigenvalue weighted by Crippen LogP contribution is -2.42. The molecule has 0 amide bonds. The lowest BCUT2D eigenvalue weighted by molar-refractivity contribution is -0.176. The van der Waals surface area contributed by atoms with Crippen LogP contribution in [0, 0.1) is 18.3 Å². The Morgan fingerprint density at radius 2 is 1.79 bits per heavy atom. The van der Waals surface area contributed by atoms with Crippen molar-refractivity contribution < 1.29 is 31.1 Å². The molecule has 1 aromatic carbocycles. The monoisotopic (exact) mass is 621 g/mol.